The van der Waals surface area contributed by atoms with Gasteiger partial charge in [0.15, 0.2) is 0 Å². The Morgan fingerprint density at radius 2 is 2.16 bits per heavy atom. The fourth-order valence-electron chi connectivity index (χ4n) is 1.58. The van der Waals surface area contributed by atoms with Gasteiger partial charge in [-0.2, -0.15) is 0 Å². The zero-order chi connectivity index (χ0) is 14.5. The van der Waals surface area contributed by atoms with E-state index in [1.165, 1.54) is 13.2 Å². The van der Waals surface area contributed by atoms with Gasteiger partial charge < -0.3 is 9.84 Å². The lowest BCUT2D eigenvalue weighted by Crippen LogP contribution is -2.29. The van der Waals surface area contributed by atoms with Crippen molar-refractivity contribution < 1.29 is 18.3 Å². The van der Waals surface area contributed by atoms with E-state index >= 15 is 0 Å². The Balaban J connectivity index is 2.68. The Kier molecular flexibility index (Phi) is 6.22. The van der Waals surface area contributed by atoms with Gasteiger partial charge in [0.05, 0.1) is 17.6 Å². The highest BCUT2D eigenvalue weighted by molar-refractivity contribution is 7.89. The van der Waals surface area contributed by atoms with Crippen LogP contribution in [0.2, 0.25) is 5.02 Å². The fraction of sp³-hybridized carbons (Fsp3) is 0.500. The molecule has 0 aliphatic rings. The average molecular weight is 308 g/mol. The molecule has 1 unspecified atom stereocenters. The first-order chi connectivity index (χ1) is 8.86. The summed E-state index contributed by atoms with van der Waals surface area (Å²) in [6.07, 6.45) is -0.402. The van der Waals surface area contributed by atoms with Gasteiger partial charge in [0, 0.05) is 18.7 Å². The summed E-state index contributed by atoms with van der Waals surface area (Å²) in [5.41, 5.74) is 0.620. The van der Waals surface area contributed by atoms with Gasteiger partial charge in [0.25, 0.3) is 0 Å². The molecule has 0 saturated heterocycles. The molecule has 1 aromatic carbocycles. The minimum Gasteiger partial charge on any atom is -0.391 e. The molecule has 1 aromatic rings. The second kappa shape index (κ2) is 7.21. The van der Waals surface area contributed by atoms with Crippen molar-refractivity contribution in [1.29, 1.82) is 0 Å². The molecule has 0 amide bonds. The molecule has 0 fully saturated rings. The molecule has 19 heavy (non-hydrogen) atoms. The van der Waals surface area contributed by atoms with Crippen molar-refractivity contribution in [2.24, 2.45) is 0 Å². The summed E-state index contributed by atoms with van der Waals surface area (Å²) in [6, 6.07) is 4.69. The van der Waals surface area contributed by atoms with Crippen molar-refractivity contribution in [2.75, 3.05) is 20.3 Å². The summed E-state index contributed by atoms with van der Waals surface area (Å²) >= 11 is 5.80. The predicted molar refractivity (Wildman–Crippen MR) is 73.9 cm³/mol. The molecular weight excluding hydrogens is 290 g/mol. The first-order valence-electron chi connectivity index (χ1n) is 5.79. The summed E-state index contributed by atoms with van der Waals surface area (Å²) in [5, 5.41) is 9.80. The number of aliphatic hydroxyl groups is 1. The predicted octanol–water partition coefficient (Wildman–Crippen LogP) is 1.32. The SMILES string of the molecule is COCC(O)CCNS(=O)(=O)c1cc(Cl)ccc1C. The van der Waals surface area contributed by atoms with Crippen LogP contribution in [0.1, 0.15) is 12.0 Å². The molecule has 0 radical (unpaired) electrons. The van der Waals surface area contributed by atoms with E-state index in [0.717, 1.165) is 0 Å². The van der Waals surface area contributed by atoms with Crippen LogP contribution < -0.4 is 4.72 Å². The van der Waals surface area contributed by atoms with Crippen LogP contribution in [-0.4, -0.2) is 39.9 Å². The number of aryl methyl sites for hydroxylation is 1. The van der Waals surface area contributed by atoms with Gasteiger partial charge in [0.1, 0.15) is 0 Å². The van der Waals surface area contributed by atoms with E-state index in [-0.39, 0.29) is 24.5 Å². The van der Waals surface area contributed by atoms with Crippen LogP contribution in [0.15, 0.2) is 23.1 Å². The van der Waals surface area contributed by atoms with Crippen molar-refractivity contribution in [3.05, 3.63) is 28.8 Å². The second-order valence-electron chi connectivity index (χ2n) is 4.21. The lowest BCUT2D eigenvalue weighted by Gasteiger charge is -2.12. The van der Waals surface area contributed by atoms with Gasteiger partial charge in [-0.15, -0.1) is 0 Å². The number of benzene rings is 1. The van der Waals surface area contributed by atoms with E-state index < -0.39 is 16.1 Å². The largest absolute Gasteiger partial charge is 0.391 e. The molecule has 0 bridgehead atoms. The van der Waals surface area contributed by atoms with Crippen LogP contribution in [0.5, 0.6) is 0 Å². The van der Waals surface area contributed by atoms with Gasteiger partial charge in [-0.25, -0.2) is 13.1 Å². The number of hydrogen-bond acceptors (Lipinski definition) is 4. The van der Waals surface area contributed by atoms with Crippen LogP contribution in [0, 0.1) is 6.92 Å². The number of halogens is 1. The second-order valence-corrected chi connectivity index (χ2v) is 6.38. The van der Waals surface area contributed by atoms with Crippen molar-refractivity contribution in [2.45, 2.75) is 24.3 Å². The molecule has 0 spiro atoms. The van der Waals surface area contributed by atoms with E-state index in [2.05, 4.69) is 4.72 Å². The van der Waals surface area contributed by atoms with Crippen LogP contribution >= 0.6 is 11.6 Å². The number of nitrogens with one attached hydrogen (secondary N) is 1. The summed E-state index contributed by atoms with van der Waals surface area (Å²) in [7, 11) is -2.14. The Labute approximate surface area is 118 Å². The van der Waals surface area contributed by atoms with Crippen LogP contribution in [0.25, 0.3) is 0 Å². The van der Waals surface area contributed by atoms with Crippen LogP contribution in [0.3, 0.4) is 0 Å². The standard InChI is InChI=1S/C12H18ClNO4S/c1-9-3-4-10(13)7-12(9)19(16,17)14-6-5-11(15)8-18-2/h3-4,7,11,14-15H,5-6,8H2,1-2H3. The molecule has 5 nitrogen and oxygen atoms in total. The number of hydrogen-bond donors (Lipinski definition) is 2. The Morgan fingerprint density at radius 3 is 2.79 bits per heavy atom. The van der Waals surface area contributed by atoms with Crippen LogP contribution in [-0.2, 0) is 14.8 Å². The number of rotatable bonds is 7. The number of ether oxygens (including phenoxy) is 1. The average Bonchev–Trinajstić information content (AvgIpc) is 2.32. The number of methoxy groups -OCH3 is 1. The lowest BCUT2D eigenvalue weighted by atomic mass is 10.2. The van der Waals surface area contributed by atoms with Gasteiger partial charge in [-0.3, -0.25) is 0 Å². The molecule has 0 heterocycles. The van der Waals surface area contributed by atoms with Gasteiger partial charge in [0.2, 0.25) is 10.0 Å². The maximum Gasteiger partial charge on any atom is 0.240 e. The van der Waals surface area contributed by atoms with Crippen LogP contribution in [0.4, 0.5) is 0 Å². The normalized spacial score (nSPS) is 13.5. The third-order valence-corrected chi connectivity index (χ3v) is 4.41. The summed E-state index contributed by atoms with van der Waals surface area (Å²) in [5.74, 6) is 0. The Morgan fingerprint density at radius 1 is 1.47 bits per heavy atom. The highest BCUT2D eigenvalue weighted by atomic mass is 35.5. The smallest absolute Gasteiger partial charge is 0.240 e. The number of aliphatic hydroxyl groups excluding tert-OH is 1. The number of sulfonamides is 1. The molecule has 0 saturated carbocycles. The maximum absolute atomic E-state index is 12.1. The Bertz CT molecular complexity index is 518. The third kappa shape index (κ3) is 5.08. The van der Waals surface area contributed by atoms with Crippen molar-refractivity contribution in [3.8, 4) is 0 Å². The topological polar surface area (TPSA) is 75.6 Å². The summed E-state index contributed by atoms with van der Waals surface area (Å²) < 4.78 is 31.3. The Hall–Kier alpha value is -0.660. The zero-order valence-corrected chi connectivity index (χ0v) is 12.5. The van der Waals surface area contributed by atoms with E-state index in [0.29, 0.717) is 10.6 Å². The van der Waals surface area contributed by atoms with Crippen molar-refractivity contribution >= 4 is 21.6 Å². The van der Waals surface area contributed by atoms with E-state index in [4.69, 9.17) is 16.3 Å². The highest BCUT2D eigenvalue weighted by Gasteiger charge is 2.17. The van der Waals surface area contributed by atoms with Gasteiger partial charge in [-0.05, 0) is 31.0 Å². The molecule has 1 rings (SSSR count). The minimum absolute atomic E-state index is 0.138. The fourth-order valence-corrected chi connectivity index (χ4v) is 3.13. The molecular formula is C12H18ClNO4S. The zero-order valence-electron chi connectivity index (χ0n) is 10.9. The van der Waals surface area contributed by atoms with Gasteiger partial charge >= 0.3 is 0 Å². The monoisotopic (exact) mass is 307 g/mol. The molecule has 0 aliphatic heterocycles. The van der Waals surface area contributed by atoms with Crippen molar-refractivity contribution in [3.63, 3.8) is 0 Å². The molecule has 108 valence electrons. The van der Waals surface area contributed by atoms with E-state index in [1.54, 1.807) is 19.1 Å². The minimum atomic E-state index is -3.61. The molecule has 7 heteroatoms. The highest BCUT2D eigenvalue weighted by Crippen LogP contribution is 2.19. The maximum atomic E-state index is 12.1. The first-order valence-corrected chi connectivity index (χ1v) is 7.65. The molecule has 0 aliphatic carbocycles. The third-order valence-electron chi connectivity index (χ3n) is 2.57. The quantitative estimate of drug-likeness (QED) is 0.797. The van der Waals surface area contributed by atoms with E-state index in [1.807, 2.05) is 0 Å². The molecule has 2 N–H and O–H groups in total. The van der Waals surface area contributed by atoms with Gasteiger partial charge in [-0.1, -0.05) is 17.7 Å². The summed E-state index contributed by atoms with van der Waals surface area (Å²) in [4.78, 5) is 0.154. The van der Waals surface area contributed by atoms with Crippen molar-refractivity contribution in [1.82, 2.24) is 4.72 Å². The first kappa shape index (κ1) is 16.4. The molecule has 0 aromatic heterocycles. The summed E-state index contributed by atoms with van der Waals surface area (Å²) in [6.45, 7) is 2.02. The van der Waals surface area contributed by atoms with E-state index in [9.17, 15) is 13.5 Å². The lowest BCUT2D eigenvalue weighted by molar-refractivity contribution is 0.0603. The molecule has 1 atom stereocenters.